The van der Waals surface area contributed by atoms with Crippen LogP contribution in [0.1, 0.15) is 43.2 Å². The maximum absolute atomic E-state index is 12.7. The van der Waals surface area contributed by atoms with Crippen LogP contribution in [-0.4, -0.2) is 76.5 Å². The van der Waals surface area contributed by atoms with Crippen molar-refractivity contribution in [2.24, 2.45) is 11.1 Å². The number of nitrogens with zero attached hydrogens (tertiary/aromatic N) is 4. The summed E-state index contributed by atoms with van der Waals surface area (Å²) in [5.74, 6) is 0.184. The summed E-state index contributed by atoms with van der Waals surface area (Å²) in [5.41, 5.74) is 5.06. The molecular weight excluding hydrogens is 396 g/mol. The quantitative estimate of drug-likeness (QED) is 0.291. The molecule has 3 fully saturated rings. The smallest absolute Gasteiger partial charge is 0.418 e. The van der Waals surface area contributed by atoms with E-state index in [0.29, 0.717) is 19.5 Å². The van der Waals surface area contributed by atoms with Gasteiger partial charge in [-0.25, -0.2) is 4.79 Å². The summed E-state index contributed by atoms with van der Waals surface area (Å²) in [4.78, 5) is 14.1. The molecule has 1 aromatic heterocycles. The molecule has 2 saturated heterocycles. The van der Waals surface area contributed by atoms with Crippen molar-refractivity contribution in [3.63, 3.8) is 0 Å². The molecule has 13 nitrogen and oxygen atoms in total. The van der Waals surface area contributed by atoms with E-state index in [9.17, 15) is 18.3 Å². The van der Waals surface area contributed by atoms with Crippen molar-refractivity contribution in [2.75, 3.05) is 26.2 Å². The number of aliphatic hydroxyl groups excluding tert-OH is 1. The maximum Gasteiger partial charge on any atom is 0.418 e. The fraction of sp³-hybridized carbons (Fsp3) is 0.786. The molecule has 1 saturated carbocycles. The van der Waals surface area contributed by atoms with Crippen molar-refractivity contribution in [3.8, 4) is 0 Å². The SMILES string of the molecule is NCCNC[C@H](O)c1nnc([C@@H]2CC3(CC3)[C@@H]3CN2C(=O)N3OS(=O)(=O)O)o1. The number of hydrogen-bond acceptors (Lipinski definition) is 10. The Labute approximate surface area is 160 Å². The molecule has 1 aromatic rings. The predicted molar refractivity (Wildman–Crippen MR) is 90.6 cm³/mol. The number of piperidine rings is 1. The molecule has 1 spiro atoms. The molecule has 3 aliphatic rings. The Kier molecular flexibility index (Phi) is 4.79. The van der Waals surface area contributed by atoms with Crippen molar-refractivity contribution >= 4 is 16.4 Å². The summed E-state index contributed by atoms with van der Waals surface area (Å²) < 4.78 is 41.4. The van der Waals surface area contributed by atoms with Gasteiger partial charge < -0.3 is 25.5 Å². The van der Waals surface area contributed by atoms with Crippen LogP contribution in [0.15, 0.2) is 4.42 Å². The minimum absolute atomic E-state index is 0.0178. The molecule has 0 aromatic carbocycles. The minimum atomic E-state index is -4.82. The number of nitrogens with one attached hydrogen (secondary N) is 1. The average molecular weight is 418 g/mol. The van der Waals surface area contributed by atoms with Gasteiger partial charge in [0.1, 0.15) is 12.1 Å². The number of rotatable bonds is 8. The summed E-state index contributed by atoms with van der Waals surface area (Å²) in [5, 5.41) is 21.6. The Bertz CT molecular complexity index is 856. The van der Waals surface area contributed by atoms with E-state index >= 15 is 0 Å². The van der Waals surface area contributed by atoms with Crippen LogP contribution in [0.3, 0.4) is 0 Å². The first-order chi connectivity index (χ1) is 13.2. The van der Waals surface area contributed by atoms with Gasteiger partial charge in [0.25, 0.3) is 0 Å². The number of urea groups is 1. The zero-order valence-corrected chi connectivity index (χ0v) is 15.7. The fourth-order valence-electron chi connectivity index (χ4n) is 3.98. The molecule has 4 rings (SSSR count). The van der Waals surface area contributed by atoms with E-state index in [1.165, 1.54) is 4.90 Å². The molecule has 5 N–H and O–H groups in total. The van der Waals surface area contributed by atoms with Crippen LogP contribution in [0.5, 0.6) is 0 Å². The predicted octanol–water partition coefficient (Wildman–Crippen LogP) is -1.28. The lowest BCUT2D eigenvalue weighted by Crippen LogP contribution is -2.43. The van der Waals surface area contributed by atoms with Crippen LogP contribution in [0.4, 0.5) is 4.79 Å². The van der Waals surface area contributed by atoms with Gasteiger partial charge in [-0.3, -0.25) is 4.55 Å². The van der Waals surface area contributed by atoms with Crippen LogP contribution in [0, 0.1) is 5.41 Å². The molecular formula is C14H22N6O7S. The fourth-order valence-corrected chi connectivity index (χ4v) is 4.35. The molecule has 156 valence electrons. The van der Waals surface area contributed by atoms with Gasteiger partial charge in [0.05, 0.1) is 6.04 Å². The first-order valence-corrected chi connectivity index (χ1v) is 10.3. The highest BCUT2D eigenvalue weighted by molar-refractivity contribution is 7.80. The van der Waals surface area contributed by atoms with E-state index in [-0.39, 0.29) is 30.3 Å². The molecule has 14 heteroatoms. The lowest BCUT2D eigenvalue weighted by atomic mass is 9.85. The van der Waals surface area contributed by atoms with Crippen molar-refractivity contribution in [1.29, 1.82) is 0 Å². The topological polar surface area (TPSA) is 184 Å². The standard InChI is InChI=1S/C14H22N6O7S/c15-3-4-16-6-9(21)12-18-17-11(26-12)8-5-14(1-2-14)10-7-19(8)13(22)20(10)27-28(23,24)25/h8-10,16,21H,1-7,15H2,(H,23,24,25)/t8-,9-,10-/m0/s1. The number of hydrogen-bond donors (Lipinski definition) is 4. The average Bonchev–Trinajstić information content (AvgIpc) is 3.12. The van der Waals surface area contributed by atoms with E-state index in [0.717, 1.165) is 17.9 Å². The second-order valence-corrected chi connectivity index (χ2v) is 8.35. The number of fused-ring (bicyclic) bond motifs is 3. The van der Waals surface area contributed by atoms with Gasteiger partial charge in [-0.2, -0.15) is 13.5 Å². The lowest BCUT2D eigenvalue weighted by Gasteiger charge is -2.34. The van der Waals surface area contributed by atoms with Gasteiger partial charge in [-0.05, 0) is 24.7 Å². The largest absolute Gasteiger partial charge is 0.420 e. The van der Waals surface area contributed by atoms with Crippen molar-refractivity contribution < 1.29 is 31.6 Å². The van der Waals surface area contributed by atoms with Crippen LogP contribution in [0.25, 0.3) is 0 Å². The number of carbonyl (C=O) groups is 1. The van der Waals surface area contributed by atoms with Gasteiger partial charge in [-0.15, -0.1) is 14.5 Å². The summed E-state index contributed by atoms with van der Waals surface area (Å²) in [6, 6.07) is -1.74. The lowest BCUT2D eigenvalue weighted by molar-refractivity contribution is -0.0530. The number of carbonyl (C=O) groups excluding carboxylic acids is 1. The van der Waals surface area contributed by atoms with E-state index in [1.54, 1.807) is 0 Å². The highest BCUT2D eigenvalue weighted by Gasteiger charge is 2.64. The van der Waals surface area contributed by atoms with Gasteiger partial charge in [0.2, 0.25) is 11.8 Å². The number of hydroxylamine groups is 2. The third-order valence-corrected chi connectivity index (χ3v) is 5.87. The Hall–Kier alpha value is -1.84. The maximum atomic E-state index is 12.7. The van der Waals surface area contributed by atoms with Crippen LogP contribution in [-0.2, 0) is 14.7 Å². The Balaban J connectivity index is 1.53. The Morgan fingerprint density at radius 2 is 2.18 bits per heavy atom. The molecule has 0 unspecified atom stereocenters. The molecule has 2 amide bonds. The second kappa shape index (κ2) is 6.89. The minimum Gasteiger partial charge on any atom is -0.420 e. The summed E-state index contributed by atoms with van der Waals surface area (Å²) in [6.07, 6.45) is 1.05. The van der Waals surface area contributed by atoms with Gasteiger partial charge in [0.15, 0.2) is 0 Å². The molecule has 3 atom stereocenters. The third-order valence-electron chi connectivity index (χ3n) is 5.52. The molecule has 0 radical (unpaired) electrons. The van der Waals surface area contributed by atoms with E-state index < -0.39 is 34.6 Å². The molecule has 2 bridgehead atoms. The highest BCUT2D eigenvalue weighted by Crippen LogP contribution is 2.61. The van der Waals surface area contributed by atoms with Crippen LogP contribution >= 0.6 is 0 Å². The molecule has 28 heavy (non-hydrogen) atoms. The first kappa shape index (κ1) is 19.5. The number of amides is 2. The van der Waals surface area contributed by atoms with Gasteiger partial charge >= 0.3 is 16.4 Å². The number of aliphatic hydroxyl groups is 1. The Morgan fingerprint density at radius 3 is 2.82 bits per heavy atom. The number of aromatic nitrogens is 2. The molecule has 3 heterocycles. The van der Waals surface area contributed by atoms with Crippen molar-refractivity contribution in [3.05, 3.63) is 11.8 Å². The molecule has 1 aliphatic carbocycles. The van der Waals surface area contributed by atoms with Crippen molar-refractivity contribution in [1.82, 2.24) is 25.5 Å². The van der Waals surface area contributed by atoms with Crippen LogP contribution in [0.2, 0.25) is 0 Å². The van der Waals surface area contributed by atoms with Gasteiger partial charge in [0, 0.05) is 26.2 Å². The summed E-state index contributed by atoms with van der Waals surface area (Å²) in [7, 11) is -4.82. The Morgan fingerprint density at radius 1 is 1.43 bits per heavy atom. The van der Waals surface area contributed by atoms with E-state index in [2.05, 4.69) is 19.8 Å². The molecule has 2 aliphatic heterocycles. The van der Waals surface area contributed by atoms with Crippen molar-refractivity contribution in [2.45, 2.75) is 37.5 Å². The zero-order chi connectivity index (χ0) is 20.1. The third kappa shape index (κ3) is 3.46. The summed E-state index contributed by atoms with van der Waals surface area (Å²) >= 11 is 0. The second-order valence-electron chi connectivity index (χ2n) is 7.35. The number of nitrogens with two attached hydrogens (primary N) is 1. The van der Waals surface area contributed by atoms with Crippen LogP contribution < -0.4 is 11.1 Å². The first-order valence-electron chi connectivity index (χ1n) is 8.93. The van der Waals surface area contributed by atoms with E-state index in [1.807, 2.05) is 0 Å². The van der Waals surface area contributed by atoms with E-state index in [4.69, 9.17) is 14.7 Å². The van der Waals surface area contributed by atoms with Gasteiger partial charge in [-0.1, -0.05) is 0 Å². The summed E-state index contributed by atoms with van der Waals surface area (Å²) in [6.45, 7) is 1.36. The zero-order valence-electron chi connectivity index (χ0n) is 14.9. The highest BCUT2D eigenvalue weighted by atomic mass is 32.3. The monoisotopic (exact) mass is 418 g/mol. The normalized spacial score (nSPS) is 26.9.